The predicted molar refractivity (Wildman–Crippen MR) is 66.2 cm³/mol. The normalized spacial score (nSPS) is 19.7. The molecule has 1 atom stereocenters. The van der Waals surface area contributed by atoms with Gasteiger partial charge in [0.1, 0.15) is 6.04 Å². The Balaban J connectivity index is 2.12. The van der Waals surface area contributed by atoms with E-state index < -0.39 is 15.9 Å². The highest BCUT2D eigenvalue weighted by Crippen LogP contribution is 2.15. The molecule has 0 bridgehead atoms. The largest absolute Gasteiger partial charge is 0.325 e. The molecular formula is C10H14N4O3S. The Morgan fingerprint density at radius 2 is 2.22 bits per heavy atom. The summed E-state index contributed by atoms with van der Waals surface area (Å²) < 4.78 is 22.8. The molecule has 0 spiro atoms. The van der Waals surface area contributed by atoms with Gasteiger partial charge in [0.05, 0.1) is 4.90 Å². The maximum absolute atomic E-state index is 11.8. The third-order valence-electron chi connectivity index (χ3n) is 2.49. The summed E-state index contributed by atoms with van der Waals surface area (Å²) >= 11 is 0. The van der Waals surface area contributed by atoms with Gasteiger partial charge in [-0.1, -0.05) is 6.07 Å². The van der Waals surface area contributed by atoms with Gasteiger partial charge < -0.3 is 5.32 Å². The number of hydrogen-bond acceptors (Lipinski definition) is 6. The van der Waals surface area contributed by atoms with Crippen LogP contribution < -0.4 is 21.7 Å². The fraction of sp³-hybridized carbons (Fsp3) is 0.300. The van der Waals surface area contributed by atoms with E-state index in [1.54, 1.807) is 12.1 Å². The van der Waals surface area contributed by atoms with Crippen LogP contribution in [-0.4, -0.2) is 33.2 Å². The van der Waals surface area contributed by atoms with Gasteiger partial charge in [0.2, 0.25) is 5.91 Å². The number of sulfone groups is 1. The van der Waals surface area contributed by atoms with E-state index in [2.05, 4.69) is 21.7 Å². The van der Waals surface area contributed by atoms with Crippen molar-refractivity contribution in [3.63, 3.8) is 0 Å². The molecule has 4 N–H and O–H groups in total. The van der Waals surface area contributed by atoms with E-state index in [0.717, 1.165) is 6.26 Å². The quantitative estimate of drug-likeness (QED) is 0.563. The molecule has 1 saturated heterocycles. The van der Waals surface area contributed by atoms with Crippen LogP contribution in [0.15, 0.2) is 29.2 Å². The third-order valence-corrected chi connectivity index (χ3v) is 3.60. The van der Waals surface area contributed by atoms with Crippen molar-refractivity contribution < 1.29 is 13.2 Å². The first-order valence-electron chi connectivity index (χ1n) is 5.31. The molecule has 0 aromatic heterocycles. The van der Waals surface area contributed by atoms with E-state index in [9.17, 15) is 13.2 Å². The average Bonchev–Trinajstić information content (AvgIpc) is 2.81. The SMILES string of the molecule is CS(=O)(=O)c1cccc(NC(=O)C2CNNN2)c1. The number of carbonyl (C=O) groups excluding carboxylic acids is 1. The van der Waals surface area contributed by atoms with Gasteiger partial charge in [0.25, 0.3) is 0 Å². The zero-order chi connectivity index (χ0) is 13.2. The van der Waals surface area contributed by atoms with Crippen LogP contribution in [0.4, 0.5) is 5.69 Å². The smallest absolute Gasteiger partial charge is 0.244 e. The Morgan fingerprint density at radius 3 is 2.83 bits per heavy atom. The zero-order valence-electron chi connectivity index (χ0n) is 9.73. The number of nitrogens with one attached hydrogen (secondary N) is 4. The van der Waals surface area contributed by atoms with Crippen LogP contribution in [0.1, 0.15) is 0 Å². The lowest BCUT2D eigenvalue weighted by Crippen LogP contribution is -2.40. The fourth-order valence-electron chi connectivity index (χ4n) is 1.53. The maximum Gasteiger partial charge on any atom is 0.244 e. The molecule has 1 aromatic carbocycles. The minimum Gasteiger partial charge on any atom is -0.325 e. The van der Waals surface area contributed by atoms with Crippen molar-refractivity contribution in [1.82, 2.24) is 16.4 Å². The molecule has 1 unspecified atom stereocenters. The van der Waals surface area contributed by atoms with E-state index in [-0.39, 0.29) is 10.8 Å². The minimum atomic E-state index is -3.27. The number of rotatable bonds is 3. The highest BCUT2D eigenvalue weighted by Gasteiger charge is 2.21. The van der Waals surface area contributed by atoms with Crippen molar-refractivity contribution >= 4 is 21.4 Å². The predicted octanol–water partition coefficient (Wildman–Crippen LogP) is -0.990. The Morgan fingerprint density at radius 1 is 1.44 bits per heavy atom. The Bertz CT molecular complexity index is 552. The highest BCUT2D eigenvalue weighted by molar-refractivity contribution is 7.90. The molecule has 1 aliphatic heterocycles. The average molecular weight is 270 g/mol. The first kappa shape index (κ1) is 13.0. The number of hydrazine groups is 2. The molecule has 8 heteroatoms. The minimum absolute atomic E-state index is 0.177. The molecule has 98 valence electrons. The van der Waals surface area contributed by atoms with Crippen molar-refractivity contribution in [3.05, 3.63) is 24.3 Å². The molecule has 7 nitrogen and oxygen atoms in total. The topological polar surface area (TPSA) is 99.3 Å². The van der Waals surface area contributed by atoms with Crippen LogP contribution in [0, 0.1) is 0 Å². The van der Waals surface area contributed by atoms with Crippen LogP contribution in [0.3, 0.4) is 0 Å². The van der Waals surface area contributed by atoms with E-state index in [0.29, 0.717) is 12.2 Å². The van der Waals surface area contributed by atoms with Crippen molar-refractivity contribution in [3.8, 4) is 0 Å². The lowest BCUT2D eigenvalue weighted by atomic mass is 10.2. The molecule has 1 amide bonds. The van der Waals surface area contributed by atoms with Crippen LogP contribution in [-0.2, 0) is 14.6 Å². The van der Waals surface area contributed by atoms with Gasteiger partial charge >= 0.3 is 0 Å². The fourth-order valence-corrected chi connectivity index (χ4v) is 2.20. The summed E-state index contributed by atoms with van der Waals surface area (Å²) in [4.78, 5) is 11.9. The van der Waals surface area contributed by atoms with Crippen molar-refractivity contribution in [2.75, 3.05) is 18.1 Å². The monoisotopic (exact) mass is 270 g/mol. The maximum atomic E-state index is 11.8. The van der Waals surface area contributed by atoms with Crippen molar-refractivity contribution in [2.24, 2.45) is 0 Å². The number of carbonyl (C=O) groups is 1. The summed E-state index contributed by atoms with van der Waals surface area (Å²) in [5, 5.41) is 2.65. The molecule has 0 aliphatic carbocycles. The van der Waals surface area contributed by atoms with Crippen LogP contribution in [0.5, 0.6) is 0 Å². The summed E-state index contributed by atoms with van der Waals surface area (Å²) in [6, 6.07) is 5.75. The number of benzene rings is 1. The Kier molecular flexibility index (Phi) is 3.62. The van der Waals surface area contributed by atoms with Gasteiger partial charge in [0.15, 0.2) is 9.84 Å². The molecule has 2 rings (SSSR count). The number of hydrogen-bond donors (Lipinski definition) is 4. The van der Waals surface area contributed by atoms with Crippen LogP contribution in [0.25, 0.3) is 0 Å². The molecule has 1 aliphatic rings. The van der Waals surface area contributed by atoms with Crippen molar-refractivity contribution in [2.45, 2.75) is 10.9 Å². The second kappa shape index (κ2) is 5.02. The molecular weight excluding hydrogens is 256 g/mol. The second-order valence-corrected chi connectivity index (χ2v) is 6.01. The highest BCUT2D eigenvalue weighted by atomic mass is 32.2. The van der Waals surface area contributed by atoms with Gasteiger partial charge in [-0.15, -0.1) is 0 Å². The lowest BCUT2D eigenvalue weighted by Gasteiger charge is -2.10. The van der Waals surface area contributed by atoms with Gasteiger partial charge in [0, 0.05) is 18.5 Å². The van der Waals surface area contributed by atoms with E-state index >= 15 is 0 Å². The number of amides is 1. The summed E-state index contributed by atoms with van der Waals surface area (Å²) in [6.07, 6.45) is 1.13. The zero-order valence-corrected chi connectivity index (χ0v) is 10.5. The van der Waals surface area contributed by atoms with Gasteiger partial charge in [-0.3, -0.25) is 4.79 Å². The van der Waals surface area contributed by atoms with Crippen LogP contribution in [0.2, 0.25) is 0 Å². The second-order valence-electron chi connectivity index (χ2n) is 3.99. The van der Waals surface area contributed by atoms with Gasteiger partial charge in [-0.05, 0) is 18.2 Å². The molecule has 0 saturated carbocycles. The van der Waals surface area contributed by atoms with E-state index in [1.165, 1.54) is 12.1 Å². The molecule has 1 heterocycles. The van der Waals surface area contributed by atoms with Gasteiger partial charge in [-0.25, -0.2) is 19.3 Å². The van der Waals surface area contributed by atoms with E-state index in [1.807, 2.05) is 0 Å². The third kappa shape index (κ3) is 3.05. The molecule has 1 aromatic rings. The van der Waals surface area contributed by atoms with Crippen LogP contribution >= 0.6 is 0 Å². The standard InChI is InChI=1S/C10H14N4O3S/c1-18(16,17)8-4-2-3-7(5-8)12-10(15)9-6-11-14-13-9/h2-5,9,11,13-14H,6H2,1H3,(H,12,15). The summed E-state index contributed by atoms with van der Waals surface area (Å²) in [5.74, 6) is -0.238. The molecule has 0 radical (unpaired) electrons. The Hall–Kier alpha value is -1.48. The summed E-state index contributed by atoms with van der Waals surface area (Å²) in [5.41, 5.74) is 8.56. The first-order valence-corrected chi connectivity index (χ1v) is 7.20. The molecule has 18 heavy (non-hydrogen) atoms. The lowest BCUT2D eigenvalue weighted by molar-refractivity contribution is -0.117. The van der Waals surface area contributed by atoms with Gasteiger partial charge in [-0.2, -0.15) is 5.53 Å². The molecule has 1 fully saturated rings. The summed E-state index contributed by atoms with van der Waals surface area (Å²) in [7, 11) is -3.27. The van der Waals surface area contributed by atoms with Crippen molar-refractivity contribution in [1.29, 1.82) is 0 Å². The Labute approximate surface area is 105 Å². The van der Waals surface area contributed by atoms with E-state index in [4.69, 9.17) is 0 Å². The first-order chi connectivity index (χ1) is 8.47. The number of anilines is 1. The summed E-state index contributed by atoms with van der Waals surface area (Å²) in [6.45, 7) is 0.456.